The molecular formula is C18H33N3O3. The second kappa shape index (κ2) is 9.25. The van der Waals surface area contributed by atoms with Gasteiger partial charge >= 0.3 is 12.0 Å². The number of hydrogen-bond acceptors (Lipinski definition) is 3. The van der Waals surface area contributed by atoms with Gasteiger partial charge in [0, 0.05) is 18.6 Å². The lowest BCUT2D eigenvalue weighted by molar-refractivity contribution is -0.142. The molecule has 24 heavy (non-hydrogen) atoms. The highest BCUT2D eigenvalue weighted by Gasteiger charge is 2.27. The Morgan fingerprint density at radius 1 is 1.12 bits per heavy atom. The van der Waals surface area contributed by atoms with Crippen LogP contribution in [-0.4, -0.2) is 53.7 Å². The number of nitrogens with one attached hydrogen (secondary N) is 2. The van der Waals surface area contributed by atoms with Crippen LogP contribution in [0.3, 0.4) is 0 Å². The summed E-state index contributed by atoms with van der Waals surface area (Å²) in [6.07, 6.45) is 6.32. The lowest BCUT2D eigenvalue weighted by atomic mass is 9.86. The van der Waals surface area contributed by atoms with Crippen molar-refractivity contribution in [2.75, 3.05) is 19.6 Å². The van der Waals surface area contributed by atoms with Gasteiger partial charge in [-0.05, 0) is 64.0 Å². The third-order valence-corrected chi connectivity index (χ3v) is 5.18. The molecule has 0 aromatic carbocycles. The fourth-order valence-electron chi connectivity index (χ4n) is 3.92. The van der Waals surface area contributed by atoms with Gasteiger partial charge in [0.15, 0.2) is 0 Å². The van der Waals surface area contributed by atoms with Crippen LogP contribution in [0.2, 0.25) is 0 Å². The minimum absolute atomic E-state index is 0.0985. The molecule has 0 unspecified atom stereocenters. The van der Waals surface area contributed by atoms with E-state index in [4.69, 9.17) is 5.11 Å². The van der Waals surface area contributed by atoms with Crippen LogP contribution in [0.5, 0.6) is 0 Å². The van der Waals surface area contributed by atoms with Crippen molar-refractivity contribution in [1.82, 2.24) is 15.5 Å². The summed E-state index contributed by atoms with van der Waals surface area (Å²) in [6, 6.07) is 0.184. The van der Waals surface area contributed by atoms with E-state index in [0.717, 1.165) is 38.9 Å². The zero-order chi connectivity index (χ0) is 17.5. The van der Waals surface area contributed by atoms with E-state index in [1.54, 1.807) is 0 Å². The maximum atomic E-state index is 12.3. The number of carbonyl (C=O) groups is 2. The maximum Gasteiger partial charge on any atom is 0.315 e. The van der Waals surface area contributed by atoms with Crippen molar-refractivity contribution in [2.45, 2.75) is 70.9 Å². The molecule has 1 aliphatic heterocycles. The summed E-state index contributed by atoms with van der Waals surface area (Å²) in [6.45, 7) is 7.57. The summed E-state index contributed by atoms with van der Waals surface area (Å²) in [7, 11) is 0. The highest BCUT2D eigenvalue weighted by Crippen LogP contribution is 2.24. The molecule has 0 spiro atoms. The van der Waals surface area contributed by atoms with Crippen LogP contribution in [0.15, 0.2) is 0 Å². The molecule has 2 rings (SSSR count). The van der Waals surface area contributed by atoms with Crippen molar-refractivity contribution < 1.29 is 14.7 Å². The number of likely N-dealkylation sites (tertiary alicyclic amines) is 1. The highest BCUT2D eigenvalue weighted by atomic mass is 16.4. The van der Waals surface area contributed by atoms with Gasteiger partial charge in [-0.1, -0.05) is 13.8 Å². The number of carbonyl (C=O) groups excluding carboxylic acids is 1. The Morgan fingerprint density at radius 2 is 1.75 bits per heavy atom. The molecule has 3 N–H and O–H groups in total. The summed E-state index contributed by atoms with van der Waals surface area (Å²) < 4.78 is 0. The minimum atomic E-state index is -0.708. The Bertz CT molecular complexity index is 414. The predicted octanol–water partition coefficient (Wildman–Crippen LogP) is 2.44. The van der Waals surface area contributed by atoms with Gasteiger partial charge in [0.1, 0.15) is 0 Å². The standard InChI is InChI=1S/C18H33N3O3/c1-13(2)11-16(12-21-9-3-4-10-21)20-18(24)19-15-7-5-14(6-8-15)17(22)23/h13-16H,3-12H2,1-2H3,(H,22,23)(H2,19,20,24)/t14?,15?,16-/m0/s1. The van der Waals surface area contributed by atoms with E-state index in [1.807, 2.05) is 0 Å². The number of nitrogens with zero attached hydrogens (tertiary/aromatic N) is 1. The molecule has 2 aliphatic rings. The fourth-order valence-corrected chi connectivity index (χ4v) is 3.92. The van der Waals surface area contributed by atoms with E-state index in [9.17, 15) is 9.59 Å². The molecule has 2 fully saturated rings. The maximum absolute atomic E-state index is 12.3. The quantitative estimate of drug-likeness (QED) is 0.665. The van der Waals surface area contributed by atoms with Crippen molar-refractivity contribution in [1.29, 1.82) is 0 Å². The highest BCUT2D eigenvalue weighted by molar-refractivity contribution is 5.74. The first-order valence-electron chi connectivity index (χ1n) is 9.46. The summed E-state index contributed by atoms with van der Waals surface area (Å²) in [5, 5.41) is 15.2. The van der Waals surface area contributed by atoms with Crippen LogP contribution in [0.25, 0.3) is 0 Å². The van der Waals surface area contributed by atoms with Gasteiger partial charge in [-0.3, -0.25) is 4.79 Å². The number of amides is 2. The van der Waals surface area contributed by atoms with Crippen molar-refractivity contribution in [3.8, 4) is 0 Å². The zero-order valence-electron chi connectivity index (χ0n) is 15.1. The van der Waals surface area contributed by atoms with E-state index in [2.05, 4.69) is 29.4 Å². The first-order chi connectivity index (χ1) is 11.4. The van der Waals surface area contributed by atoms with Crippen molar-refractivity contribution in [3.63, 3.8) is 0 Å². The Kier molecular flexibility index (Phi) is 7.34. The number of carboxylic acids is 1. The molecule has 1 heterocycles. The second-order valence-corrected chi connectivity index (χ2v) is 7.84. The van der Waals surface area contributed by atoms with Crippen molar-refractivity contribution in [2.24, 2.45) is 11.8 Å². The van der Waals surface area contributed by atoms with E-state index in [-0.39, 0.29) is 24.0 Å². The van der Waals surface area contributed by atoms with Crippen LogP contribution in [0.4, 0.5) is 4.79 Å². The van der Waals surface area contributed by atoms with Crippen LogP contribution in [0.1, 0.15) is 58.8 Å². The van der Waals surface area contributed by atoms with Gasteiger partial charge in [-0.25, -0.2) is 4.79 Å². The fraction of sp³-hybridized carbons (Fsp3) is 0.889. The number of aliphatic carboxylic acids is 1. The lowest BCUT2D eigenvalue weighted by Crippen LogP contribution is -2.50. The smallest absolute Gasteiger partial charge is 0.315 e. The number of hydrogen-bond donors (Lipinski definition) is 3. The van der Waals surface area contributed by atoms with Gasteiger partial charge in [0.05, 0.1) is 5.92 Å². The topological polar surface area (TPSA) is 81.7 Å². The third-order valence-electron chi connectivity index (χ3n) is 5.18. The molecule has 1 atom stereocenters. The van der Waals surface area contributed by atoms with Crippen LogP contribution in [0, 0.1) is 11.8 Å². The summed E-state index contributed by atoms with van der Waals surface area (Å²) >= 11 is 0. The first kappa shape index (κ1) is 19.0. The summed E-state index contributed by atoms with van der Waals surface area (Å²) in [5.74, 6) is -0.403. The lowest BCUT2D eigenvalue weighted by Gasteiger charge is -2.29. The molecule has 0 bridgehead atoms. The van der Waals surface area contributed by atoms with Gasteiger partial charge in [0.25, 0.3) is 0 Å². The Balaban J connectivity index is 1.76. The molecule has 2 amide bonds. The monoisotopic (exact) mass is 339 g/mol. The molecule has 1 saturated carbocycles. The third kappa shape index (κ3) is 6.30. The van der Waals surface area contributed by atoms with Crippen LogP contribution in [-0.2, 0) is 4.79 Å². The van der Waals surface area contributed by atoms with Crippen molar-refractivity contribution in [3.05, 3.63) is 0 Å². The zero-order valence-corrected chi connectivity index (χ0v) is 15.1. The van der Waals surface area contributed by atoms with Gasteiger partial charge < -0.3 is 20.6 Å². The largest absolute Gasteiger partial charge is 0.481 e. The molecule has 0 radical (unpaired) electrons. The summed E-state index contributed by atoms with van der Waals surface area (Å²) in [4.78, 5) is 25.8. The Morgan fingerprint density at radius 3 is 2.29 bits per heavy atom. The van der Waals surface area contributed by atoms with Crippen LogP contribution >= 0.6 is 0 Å². The molecular weight excluding hydrogens is 306 g/mol. The second-order valence-electron chi connectivity index (χ2n) is 7.84. The molecule has 1 aliphatic carbocycles. The number of carboxylic acid groups (broad SMARTS) is 1. The Hall–Kier alpha value is -1.30. The molecule has 6 nitrogen and oxygen atoms in total. The average molecular weight is 339 g/mol. The first-order valence-corrected chi connectivity index (χ1v) is 9.46. The predicted molar refractivity (Wildman–Crippen MR) is 94.0 cm³/mol. The number of urea groups is 1. The SMILES string of the molecule is CC(C)C[C@@H](CN1CCCC1)NC(=O)NC1CCC(C(=O)O)CC1. The minimum Gasteiger partial charge on any atom is -0.481 e. The average Bonchev–Trinajstić information content (AvgIpc) is 2.99. The van der Waals surface area contributed by atoms with Crippen LogP contribution < -0.4 is 10.6 Å². The number of rotatable bonds is 7. The van der Waals surface area contributed by atoms with E-state index in [0.29, 0.717) is 18.8 Å². The van der Waals surface area contributed by atoms with Gasteiger partial charge in [-0.15, -0.1) is 0 Å². The van der Waals surface area contributed by atoms with E-state index < -0.39 is 5.97 Å². The van der Waals surface area contributed by atoms with Gasteiger partial charge in [-0.2, -0.15) is 0 Å². The normalized spacial score (nSPS) is 26.3. The molecule has 6 heteroatoms. The molecule has 1 saturated heterocycles. The molecule has 0 aromatic heterocycles. The molecule has 0 aromatic rings. The van der Waals surface area contributed by atoms with E-state index >= 15 is 0 Å². The summed E-state index contributed by atoms with van der Waals surface area (Å²) in [5.41, 5.74) is 0. The molecule has 138 valence electrons. The van der Waals surface area contributed by atoms with E-state index in [1.165, 1.54) is 12.8 Å². The van der Waals surface area contributed by atoms with Gasteiger partial charge in [0.2, 0.25) is 0 Å². The Labute approximate surface area is 145 Å². The van der Waals surface area contributed by atoms with Crippen molar-refractivity contribution >= 4 is 12.0 Å².